The summed E-state index contributed by atoms with van der Waals surface area (Å²) in [6.45, 7) is 1.69. The van der Waals surface area contributed by atoms with E-state index in [0.29, 0.717) is 0 Å². The molecule has 3 N–H and O–H groups in total. The summed E-state index contributed by atoms with van der Waals surface area (Å²) >= 11 is 0. The first-order valence-electron chi connectivity index (χ1n) is 2.18. The van der Waals surface area contributed by atoms with E-state index in [2.05, 4.69) is 12.0 Å². The second kappa shape index (κ2) is 2.92. The van der Waals surface area contributed by atoms with Crippen molar-refractivity contribution in [3.8, 4) is 12.0 Å². The van der Waals surface area contributed by atoms with Crippen LogP contribution in [0.15, 0.2) is 0 Å². The van der Waals surface area contributed by atoms with Crippen LogP contribution in [0.2, 0.25) is 0 Å². The van der Waals surface area contributed by atoms with E-state index in [-0.39, 0.29) is 5.96 Å². The number of nitrogens with zero attached hydrogens (tertiary/aromatic N) is 1. The Hall–Kier alpha value is -1.17. The van der Waals surface area contributed by atoms with Gasteiger partial charge in [0.05, 0.1) is 0 Å². The predicted octanol–water partition coefficient (Wildman–Crippen LogP) is -0.208. The third-order valence-corrected chi connectivity index (χ3v) is 0.641. The van der Waals surface area contributed by atoms with Crippen molar-refractivity contribution in [3.63, 3.8) is 0 Å². The maximum Gasteiger partial charge on any atom is 0.200 e. The zero-order chi connectivity index (χ0) is 6.57. The van der Waals surface area contributed by atoms with E-state index in [1.807, 2.05) is 0 Å². The fourth-order valence-electron chi connectivity index (χ4n) is 0.228. The van der Waals surface area contributed by atoms with Gasteiger partial charge in [-0.25, -0.2) is 0 Å². The molecule has 0 radical (unpaired) electrons. The minimum Gasteiger partial charge on any atom is -0.369 e. The SMILES string of the molecule is CC#CN(C)C(=N)N. The van der Waals surface area contributed by atoms with Gasteiger partial charge >= 0.3 is 0 Å². The third kappa shape index (κ3) is 2.08. The summed E-state index contributed by atoms with van der Waals surface area (Å²) in [7, 11) is 1.64. The molecule has 0 aliphatic carbocycles. The lowest BCUT2D eigenvalue weighted by molar-refractivity contribution is 0.709. The van der Waals surface area contributed by atoms with E-state index >= 15 is 0 Å². The van der Waals surface area contributed by atoms with Gasteiger partial charge in [0.25, 0.3) is 0 Å². The quantitative estimate of drug-likeness (QED) is 0.197. The highest BCUT2D eigenvalue weighted by atomic mass is 15.2. The van der Waals surface area contributed by atoms with Gasteiger partial charge < -0.3 is 5.73 Å². The molecule has 0 unspecified atom stereocenters. The summed E-state index contributed by atoms with van der Waals surface area (Å²) in [4.78, 5) is 1.35. The van der Waals surface area contributed by atoms with Gasteiger partial charge in [-0.1, -0.05) is 5.92 Å². The van der Waals surface area contributed by atoms with E-state index in [0.717, 1.165) is 0 Å². The minimum absolute atomic E-state index is 0.0284. The lowest BCUT2D eigenvalue weighted by Crippen LogP contribution is -2.28. The number of nitrogens with two attached hydrogens (primary N) is 1. The molecule has 0 fully saturated rings. The first kappa shape index (κ1) is 6.83. The Labute approximate surface area is 49.0 Å². The minimum atomic E-state index is -0.0284. The molecule has 0 atom stereocenters. The second-order valence-electron chi connectivity index (χ2n) is 1.31. The Kier molecular flexibility index (Phi) is 2.49. The fourth-order valence-corrected chi connectivity index (χ4v) is 0.228. The topological polar surface area (TPSA) is 53.1 Å². The van der Waals surface area contributed by atoms with Crippen LogP contribution >= 0.6 is 0 Å². The highest BCUT2D eigenvalue weighted by Crippen LogP contribution is 1.70. The summed E-state index contributed by atoms with van der Waals surface area (Å²) < 4.78 is 0. The van der Waals surface area contributed by atoms with Gasteiger partial charge in [0, 0.05) is 13.1 Å². The van der Waals surface area contributed by atoms with Crippen molar-refractivity contribution in [3.05, 3.63) is 0 Å². The van der Waals surface area contributed by atoms with Crippen molar-refractivity contribution in [2.45, 2.75) is 6.92 Å². The molecule has 0 amide bonds. The van der Waals surface area contributed by atoms with Gasteiger partial charge in [-0.2, -0.15) is 0 Å². The summed E-state index contributed by atoms with van der Waals surface area (Å²) in [5.41, 5.74) is 5.03. The Morgan fingerprint density at radius 3 is 2.38 bits per heavy atom. The average Bonchev–Trinajstić information content (AvgIpc) is 1.67. The molecule has 44 valence electrons. The Balaban J connectivity index is 3.77. The van der Waals surface area contributed by atoms with Gasteiger partial charge in [-0.05, 0) is 6.92 Å². The molecule has 0 heterocycles. The van der Waals surface area contributed by atoms with Crippen LogP contribution in [0.1, 0.15) is 6.92 Å². The van der Waals surface area contributed by atoms with Crippen LogP contribution in [0.4, 0.5) is 0 Å². The molecular weight excluding hydrogens is 102 g/mol. The van der Waals surface area contributed by atoms with Crippen LogP contribution in [-0.4, -0.2) is 17.9 Å². The Morgan fingerprint density at radius 2 is 2.25 bits per heavy atom. The van der Waals surface area contributed by atoms with Gasteiger partial charge in [0.15, 0.2) is 5.96 Å². The molecule has 0 aliphatic rings. The molecule has 0 aromatic rings. The van der Waals surface area contributed by atoms with Crippen LogP contribution < -0.4 is 5.73 Å². The van der Waals surface area contributed by atoms with Crippen molar-refractivity contribution in [1.82, 2.24) is 4.90 Å². The van der Waals surface area contributed by atoms with Crippen LogP contribution in [0.25, 0.3) is 0 Å². The molecule has 0 aromatic carbocycles. The normalized spacial score (nSPS) is 6.75. The molecule has 0 saturated heterocycles. The predicted molar refractivity (Wildman–Crippen MR) is 33.1 cm³/mol. The van der Waals surface area contributed by atoms with Gasteiger partial charge in [-0.15, -0.1) is 0 Å². The molecule has 8 heavy (non-hydrogen) atoms. The number of hydrogen-bond donors (Lipinski definition) is 2. The molecule has 0 spiro atoms. The van der Waals surface area contributed by atoms with E-state index in [4.69, 9.17) is 11.1 Å². The zero-order valence-corrected chi connectivity index (χ0v) is 5.02. The van der Waals surface area contributed by atoms with E-state index < -0.39 is 0 Å². The van der Waals surface area contributed by atoms with E-state index in [9.17, 15) is 0 Å². The van der Waals surface area contributed by atoms with Crippen LogP contribution in [0.3, 0.4) is 0 Å². The Bertz CT molecular complexity index is 139. The molecule has 3 nitrogen and oxygen atoms in total. The molecular formula is C5H9N3. The largest absolute Gasteiger partial charge is 0.369 e. The summed E-state index contributed by atoms with van der Waals surface area (Å²) in [5.74, 6) is 2.58. The molecule has 0 aliphatic heterocycles. The Morgan fingerprint density at radius 1 is 1.75 bits per heavy atom. The first-order valence-corrected chi connectivity index (χ1v) is 2.18. The highest BCUT2D eigenvalue weighted by Gasteiger charge is 1.88. The molecule has 3 heteroatoms. The molecule has 0 saturated carbocycles. The summed E-state index contributed by atoms with van der Waals surface area (Å²) in [5, 5.41) is 6.80. The number of hydrogen-bond acceptors (Lipinski definition) is 1. The number of guanidine groups is 1. The van der Waals surface area contributed by atoms with Crippen LogP contribution in [0, 0.1) is 17.4 Å². The fraction of sp³-hybridized carbons (Fsp3) is 0.400. The maximum atomic E-state index is 6.80. The van der Waals surface area contributed by atoms with Gasteiger partial charge in [-0.3, -0.25) is 10.3 Å². The van der Waals surface area contributed by atoms with E-state index in [1.54, 1.807) is 14.0 Å². The monoisotopic (exact) mass is 111 g/mol. The van der Waals surface area contributed by atoms with Gasteiger partial charge in [0.1, 0.15) is 0 Å². The van der Waals surface area contributed by atoms with Crippen molar-refractivity contribution in [2.75, 3.05) is 7.05 Å². The smallest absolute Gasteiger partial charge is 0.200 e. The number of rotatable bonds is 0. The summed E-state index contributed by atoms with van der Waals surface area (Å²) in [6, 6.07) is 2.58. The first-order chi connectivity index (χ1) is 3.68. The van der Waals surface area contributed by atoms with Crippen molar-refractivity contribution in [1.29, 1.82) is 5.41 Å². The maximum absolute atomic E-state index is 6.80. The van der Waals surface area contributed by atoms with E-state index in [1.165, 1.54) is 4.90 Å². The molecule has 0 rings (SSSR count). The van der Waals surface area contributed by atoms with Crippen LogP contribution in [0.5, 0.6) is 0 Å². The summed E-state index contributed by atoms with van der Waals surface area (Å²) in [6.07, 6.45) is 0. The van der Waals surface area contributed by atoms with Crippen LogP contribution in [-0.2, 0) is 0 Å². The third-order valence-electron chi connectivity index (χ3n) is 0.641. The van der Waals surface area contributed by atoms with Crippen molar-refractivity contribution < 1.29 is 0 Å². The second-order valence-corrected chi connectivity index (χ2v) is 1.31. The lowest BCUT2D eigenvalue weighted by atomic mass is 10.7. The number of nitrogens with one attached hydrogen (secondary N) is 1. The molecule has 0 bridgehead atoms. The average molecular weight is 111 g/mol. The molecule has 0 aromatic heterocycles. The van der Waals surface area contributed by atoms with Crippen molar-refractivity contribution in [2.24, 2.45) is 5.73 Å². The zero-order valence-electron chi connectivity index (χ0n) is 5.02. The van der Waals surface area contributed by atoms with Gasteiger partial charge in [0.2, 0.25) is 0 Å². The lowest BCUT2D eigenvalue weighted by Gasteiger charge is -2.04. The van der Waals surface area contributed by atoms with Crippen molar-refractivity contribution >= 4 is 5.96 Å². The highest BCUT2D eigenvalue weighted by molar-refractivity contribution is 5.76. The standard InChI is InChI=1S/C5H9N3/c1-3-4-8(2)5(6)7/h1-2H3,(H3,6,7).